The molecule has 4 heterocycles. The summed E-state index contributed by atoms with van der Waals surface area (Å²) in [6.45, 7) is 11.0. The van der Waals surface area contributed by atoms with E-state index in [2.05, 4.69) is 63.9 Å². The molecule has 5 atom stereocenters. The second kappa shape index (κ2) is 17.6. The van der Waals surface area contributed by atoms with Gasteiger partial charge in [0, 0.05) is 18.7 Å². The molecular formula is C48H62N8O6. The molecule has 4 aromatic rings. The lowest BCUT2D eigenvalue weighted by atomic mass is 9.76. The number of likely N-dealkylation sites (tertiary alicyclic amines) is 2. The van der Waals surface area contributed by atoms with Crippen LogP contribution in [-0.2, 0) is 30.9 Å². The Morgan fingerprint density at radius 1 is 0.726 bits per heavy atom. The van der Waals surface area contributed by atoms with Crippen molar-refractivity contribution in [3.63, 3.8) is 0 Å². The number of benzene rings is 2. The lowest BCUT2D eigenvalue weighted by Gasteiger charge is -2.30. The molecule has 5 unspecified atom stereocenters. The summed E-state index contributed by atoms with van der Waals surface area (Å²) in [7, 11) is 2.61. The van der Waals surface area contributed by atoms with Crippen LogP contribution >= 0.6 is 0 Å². The van der Waals surface area contributed by atoms with Crippen molar-refractivity contribution in [1.82, 2.24) is 40.4 Å². The number of ether oxygens (including phenoxy) is 2. The highest BCUT2D eigenvalue weighted by atomic mass is 16.5. The quantitative estimate of drug-likeness (QED) is 0.117. The molecule has 14 nitrogen and oxygen atoms in total. The minimum atomic E-state index is -0.698. The smallest absolute Gasteiger partial charge is 0.407 e. The van der Waals surface area contributed by atoms with Crippen LogP contribution < -0.4 is 10.6 Å². The first kappa shape index (κ1) is 43.0. The molecular weight excluding hydrogens is 785 g/mol. The molecule has 0 radical (unpaired) electrons. The maximum atomic E-state index is 14.0. The summed E-state index contributed by atoms with van der Waals surface area (Å²) in [6.07, 6.45) is 11.9. The number of methoxy groups -OCH3 is 2. The highest BCUT2D eigenvalue weighted by Gasteiger charge is 2.45. The molecule has 2 aliphatic carbocycles. The number of H-pyrrole nitrogens is 2. The molecule has 1 saturated carbocycles. The topological polar surface area (TPSA) is 175 Å². The molecule has 1 spiro atoms. The molecule has 62 heavy (non-hydrogen) atoms. The zero-order valence-corrected chi connectivity index (χ0v) is 37.2. The number of fused-ring (bicyclic) bond motifs is 2. The zero-order chi connectivity index (χ0) is 43.9. The van der Waals surface area contributed by atoms with Crippen LogP contribution in [0.4, 0.5) is 9.59 Å². The summed E-state index contributed by atoms with van der Waals surface area (Å²) < 4.78 is 9.64. The Morgan fingerprint density at radius 3 is 1.92 bits per heavy atom. The number of hydrogen-bond acceptors (Lipinski definition) is 8. The lowest BCUT2D eigenvalue weighted by Crippen LogP contribution is -2.51. The van der Waals surface area contributed by atoms with Crippen LogP contribution in [0.5, 0.6) is 0 Å². The van der Waals surface area contributed by atoms with Gasteiger partial charge in [-0.25, -0.2) is 19.6 Å². The number of aromatic amines is 2. The average Bonchev–Trinajstić information content (AvgIpc) is 4.13. The van der Waals surface area contributed by atoms with E-state index in [0.717, 1.165) is 60.7 Å². The number of rotatable bonds is 11. The third kappa shape index (κ3) is 8.08. The Balaban J connectivity index is 1.05. The van der Waals surface area contributed by atoms with Gasteiger partial charge in [-0.15, -0.1) is 0 Å². The van der Waals surface area contributed by atoms with Gasteiger partial charge in [0.15, 0.2) is 0 Å². The van der Waals surface area contributed by atoms with Gasteiger partial charge < -0.3 is 39.9 Å². The minimum Gasteiger partial charge on any atom is -0.453 e. The highest BCUT2D eigenvalue weighted by molar-refractivity contribution is 5.87. The van der Waals surface area contributed by atoms with Crippen LogP contribution in [0.3, 0.4) is 0 Å². The molecule has 4 N–H and O–H groups in total. The molecule has 2 saturated heterocycles. The Labute approximate surface area is 364 Å². The molecule has 4 aliphatic rings. The normalized spacial score (nSPS) is 21.4. The zero-order valence-electron chi connectivity index (χ0n) is 37.2. The fourth-order valence-electron chi connectivity index (χ4n) is 10.8. The van der Waals surface area contributed by atoms with Crippen molar-refractivity contribution in [3.05, 3.63) is 71.6 Å². The van der Waals surface area contributed by atoms with E-state index in [4.69, 9.17) is 19.4 Å². The maximum Gasteiger partial charge on any atom is 0.407 e. The number of carbonyl (C=O) groups is 4. The van der Waals surface area contributed by atoms with Gasteiger partial charge in [0.05, 0.1) is 50.1 Å². The Morgan fingerprint density at radius 2 is 1.29 bits per heavy atom. The first-order valence-corrected chi connectivity index (χ1v) is 22.5. The van der Waals surface area contributed by atoms with E-state index in [0.29, 0.717) is 13.1 Å². The van der Waals surface area contributed by atoms with E-state index in [9.17, 15) is 19.2 Å². The van der Waals surface area contributed by atoms with E-state index >= 15 is 0 Å². The number of aromatic nitrogens is 4. The van der Waals surface area contributed by atoms with Crippen molar-refractivity contribution < 1.29 is 28.7 Å². The SMILES string of the molecule is COC(=O)NC(C(=O)N1CCCC1c1ncc(-c2ccc(-c3ccc(-c4cnc(C5CC(C)CN5C(=O)C(NC(=O)OC)C(C)C)[nH]4)c4c3C3(CCCC3)CC4)cc2)[nH]1)C(C)C. The van der Waals surface area contributed by atoms with Crippen LogP contribution in [0.25, 0.3) is 33.6 Å². The second-order valence-corrected chi connectivity index (χ2v) is 18.7. The number of nitrogens with one attached hydrogen (secondary N) is 4. The van der Waals surface area contributed by atoms with E-state index in [-0.39, 0.29) is 47.1 Å². The molecule has 4 amide bonds. The predicted molar refractivity (Wildman–Crippen MR) is 236 cm³/mol. The van der Waals surface area contributed by atoms with Crippen LogP contribution in [0.1, 0.15) is 121 Å². The second-order valence-electron chi connectivity index (χ2n) is 18.7. The van der Waals surface area contributed by atoms with Crippen molar-refractivity contribution >= 4 is 24.0 Å². The molecule has 14 heteroatoms. The fraction of sp³-hybridized carbons (Fsp3) is 0.542. The van der Waals surface area contributed by atoms with Crippen LogP contribution in [0.15, 0.2) is 48.8 Å². The molecule has 3 fully saturated rings. The van der Waals surface area contributed by atoms with Crippen molar-refractivity contribution in [3.8, 4) is 33.6 Å². The molecule has 0 bridgehead atoms. The van der Waals surface area contributed by atoms with Gasteiger partial charge in [-0.05, 0) is 95.9 Å². The molecule has 2 aliphatic heterocycles. The monoisotopic (exact) mass is 846 g/mol. The summed E-state index contributed by atoms with van der Waals surface area (Å²) in [4.78, 5) is 72.5. The summed E-state index contributed by atoms with van der Waals surface area (Å²) in [5, 5.41) is 5.48. The van der Waals surface area contributed by atoms with Gasteiger partial charge in [-0.2, -0.15) is 0 Å². The van der Waals surface area contributed by atoms with Crippen LogP contribution in [-0.4, -0.2) is 93.1 Å². The van der Waals surface area contributed by atoms with Crippen molar-refractivity contribution in [1.29, 1.82) is 0 Å². The summed E-state index contributed by atoms with van der Waals surface area (Å²) in [6, 6.07) is 11.4. The fourth-order valence-corrected chi connectivity index (χ4v) is 10.8. The van der Waals surface area contributed by atoms with Gasteiger partial charge in [0.2, 0.25) is 11.8 Å². The summed E-state index contributed by atoms with van der Waals surface area (Å²) in [5.74, 6) is 1.32. The number of nitrogens with zero attached hydrogens (tertiary/aromatic N) is 4. The largest absolute Gasteiger partial charge is 0.453 e. The minimum absolute atomic E-state index is 0.105. The number of imidazole rings is 2. The van der Waals surface area contributed by atoms with E-state index in [1.54, 1.807) is 0 Å². The first-order chi connectivity index (χ1) is 29.8. The van der Waals surface area contributed by atoms with Gasteiger partial charge in [-0.1, -0.05) is 83.9 Å². The highest BCUT2D eigenvalue weighted by Crippen LogP contribution is 2.55. The van der Waals surface area contributed by atoms with Crippen molar-refractivity contribution in [2.75, 3.05) is 27.3 Å². The number of amides is 4. The standard InChI is InChI=1S/C48H62N8O6/c1-27(2)40(53-46(59)61-6)44(57)55-22-10-11-37(55)42-49-24-35(51-42)31-14-12-30(13-15-31)32-16-17-33(34-18-21-48(39(32)34)19-8-9-20-48)36-25-50-43(52-36)38-23-29(5)26-56(38)45(58)41(28(3)4)54-47(60)62-7/h12-17,24-25,27-29,37-38,40-41H,8-11,18-23,26H2,1-7H3,(H,49,51)(H,50,52)(H,53,59)(H,54,60). The molecule has 2 aromatic carbocycles. The van der Waals surface area contributed by atoms with Crippen molar-refractivity contribution in [2.24, 2.45) is 17.8 Å². The predicted octanol–water partition coefficient (Wildman–Crippen LogP) is 8.23. The maximum absolute atomic E-state index is 14.0. The third-order valence-electron chi connectivity index (χ3n) is 14.0. The number of alkyl carbamates (subject to hydrolysis) is 2. The molecule has 2 aromatic heterocycles. The van der Waals surface area contributed by atoms with Gasteiger partial charge in [-0.3, -0.25) is 9.59 Å². The summed E-state index contributed by atoms with van der Waals surface area (Å²) in [5.41, 5.74) is 9.48. The average molecular weight is 847 g/mol. The van der Waals surface area contributed by atoms with Gasteiger partial charge in [0.1, 0.15) is 23.7 Å². The van der Waals surface area contributed by atoms with E-state index < -0.39 is 24.3 Å². The molecule has 330 valence electrons. The Bertz CT molecular complexity index is 2290. The Kier molecular flexibility index (Phi) is 12.2. The van der Waals surface area contributed by atoms with Gasteiger partial charge >= 0.3 is 12.2 Å². The third-order valence-corrected chi connectivity index (χ3v) is 14.0. The van der Waals surface area contributed by atoms with Gasteiger partial charge in [0.25, 0.3) is 0 Å². The van der Waals surface area contributed by atoms with E-state index in [1.807, 2.05) is 49.9 Å². The first-order valence-electron chi connectivity index (χ1n) is 22.5. The Hall–Kier alpha value is -5.66. The number of hydrogen-bond donors (Lipinski definition) is 4. The van der Waals surface area contributed by atoms with Crippen molar-refractivity contribution in [2.45, 2.75) is 122 Å². The van der Waals surface area contributed by atoms with Crippen LogP contribution in [0.2, 0.25) is 0 Å². The summed E-state index contributed by atoms with van der Waals surface area (Å²) >= 11 is 0. The number of carbonyl (C=O) groups excluding carboxylic acids is 4. The molecule has 8 rings (SSSR count). The lowest BCUT2D eigenvalue weighted by molar-refractivity contribution is -0.136. The van der Waals surface area contributed by atoms with E-state index in [1.165, 1.54) is 67.7 Å². The van der Waals surface area contributed by atoms with Crippen LogP contribution in [0, 0.1) is 17.8 Å².